The number of thioether (sulfide) groups is 1. The van der Waals surface area contributed by atoms with Crippen LogP contribution in [0.25, 0.3) is 17.1 Å². The van der Waals surface area contributed by atoms with Gasteiger partial charge in [-0.05, 0) is 36.8 Å². The lowest BCUT2D eigenvalue weighted by atomic mass is 10.2. The number of benzene rings is 1. The monoisotopic (exact) mass is 439 g/mol. The van der Waals surface area contributed by atoms with Crippen LogP contribution in [0.2, 0.25) is 5.02 Å². The summed E-state index contributed by atoms with van der Waals surface area (Å²) in [7, 11) is 0. The summed E-state index contributed by atoms with van der Waals surface area (Å²) < 4.78 is 1.93. The molecule has 0 radical (unpaired) electrons. The summed E-state index contributed by atoms with van der Waals surface area (Å²) in [4.78, 5) is 18.4. The third-order valence-corrected chi connectivity index (χ3v) is 5.75. The Morgan fingerprint density at radius 3 is 2.53 bits per heavy atom. The Labute approximate surface area is 185 Å². The van der Waals surface area contributed by atoms with Gasteiger partial charge in [-0.25, -0.2) is 0 Å². The van der Waals surface area contributed by atoms with Gasteiger partial charge in [0.15, 0.2) is 11.0 Å². The summed E-state index contributed by atoms with van der Waals surface area (Å²) in [6.07, 6.45) is 6.81. The molecule has 8 heteroatoms. The Bertz CT molecular complexity index is 1040. The summed E-state index contributed by atoms with van der Waals surface area (Å²) in [6.45, 7) is 10.3. The lowest BCUT2D eigenvalue weighted by Gasteiger charge is -2.19. The van der Waals surface area contributed by atoms with E-state index in [4.69, 9.17) is 11.6 Å². The second-order valence-corrected chi connectivity index (χ2v) is 7.78. The minimum atomic E-state index is -0.0253. The molecule has 0 aliphatic rings. The number of amides is 1. The standard InChI is InChI=1S/C22H22ClN5OS/c1-4-13-27(14-5-2)20(29)15-30-22-26-25-21(17-9-11-24-12-10-17)28(22)19-8-6-7-18(23)16(19)3/h4-12H,1-2,13-15H2,3H3. The van der Waals surface area contributed by atoms with Gasteiger partial charge in [0.1, 0.15) is 0 Å². The van der Waals surface area contributed by atoms with Crippen molar-refractivity contribution in [1.29, 1.82) is 0 Å². The molecule has 0 aliphatic heterocycles. The number of aromatic nitrogens is 4. The Balaban J connectivity index is 1.98. The third kappa shape index (κ3) is 4.80. The lowest BCUT2D eigenvalue weighted by molar-refractivity contribution is -0.127. The van der Waals surface area contributed by atoms with Gasteiger partial charge in [-0.15, -0.1) is 23.4 Å². The molecule has 154 valence electrons. The summed E-state index contributed by atoms with van der Waals surface area (Å²) in [6, 6.07) is 9.43. The second-order valence-electron chi connectivity index (χ2n) is 6.43. The van der Waals surface area contributed by atoms with E-state index < -0.39 is 0 Å². The Hall–Kier alpha value is -2.90. The highest BCUT2D eigenvalue weighted by Gasteiger charge is 2.20. The summed E-state index contributed by atoms with van der Waals surface area (Å²) in [5, 5.41) is 10.0. The number of hydrogen-bond donors (Lipinski definition) is 0. The fraction of sp³-hybridized carbons (Fsp3) is 0.182. The van der Waals surface area contributed by atoms with Crippen molar-refractivity contribution in [2.75, 3.05) is 18.8 Å². The molecule has 1 amide bonds. The van der Waals surface area contributed by atoms with E-state index in [-0.39, 0.29) is 11.7 Å². The first-order valence-electron chi connectivity index (χ1n) is 9.30. The highest BCUT2D eigenvalue weighted by atomic mass is 35.5. The minimum Gasteiger partial charge on any atom is -0.335 e. The molecule has 0 spiro atoms. The molecule has 3 rings (SSSR count). The highest BCUT2D eigenvalue weighted by molar-refractivity contribution is 7.99. The summed E-state index contributed by atoms with van der Waals surface area (Å²) in [5.74, 6) is 0.852. The van der Waals surface area contributed by atoms with Crippen molar-refractivity contribution in [2.24, 2.45) is 0 Å². The Morgan fingerprint density at radius 1 is 1.17 bits per heavy atom. The Kier molecular flexibility index (Phi) is 7.43. The molecule has 30 heavy (non-hydrogen) atoms. The molecule has 0 atom stereocenters. The quantitative estimate of drug-likeness (QED) is 0.360. The van der Waals surface area contributed by atoms with Crippen LogP contribution >= 0.6 is 23.4 Å². The number of carbonyl (C=O) groups excluding carboxylic acids is 1. The number of rotatable bonds is 9. The van der Waals surface area contributed by atoms with E-state index in [0.717, 1.165) is 16.8 Å². The van der Waals surface area contributed by atoms with Crippen LogP contribution in [0.15, 0.2) is 73.2 Å². The van der Waals surface area contributed by atoms with Crippen molar-refractivity contribution in [3.8, 4) is 17.1 Å². The second kappa shape index (κ2) is 10.2. The van der Waals surface area contributed by atoms with E-state index in [1.165, 1.54) is 11.8 Å². The van der Waals surface area contributed by atoms with E-state index in [1.807, 2.05) is 41.8 Å². The molecule has 3 aromatic rings. The predicted molar refractivity (Wildman–Crippen MR) is 122 cm³/mol. The van der Waals surface area contributed by atoms with Gasteiger partial charge in [-0.1, -0.05) is 41.6 Å². The van der Waals surface area contributed by atoms with Crippen molar-refractivity contribution in [1.82, 2.24) is 24.6 Å². The van der Waals surface area contributed by atoms with Gasteiger partial charge in [-0.3, -0.25) is 14.3 Å². The van der Waals surface area contributed by atoms with Crippen molar-refractivity contribution in [3.05, 3.63) is 78.6 Å². The predicted octanol–water partition coefficient (Wildman–Crippen LogP) is 4.58. The van der Waals surface area contributed by atoms with Gasteiger partial charge in [0.2, 0.25) is 5.91 Å². The molecule has 0 fully saturated rings. The van der Waals surface area contributed by atoms with Crippen LogP contribution in [-0.4, -0.2) is 49.4 Å². The van der Waals surface area contributed by atoms with Crippen LogP contribution in [0, 0.1) is 6.92 Å². The molecule has 2 aromatic heterocycles. The van der Waals surface area contributed by atoms with Gasteiger partial charge in [0.05, 0.1) is 11.4 Å². The maximum absolute atomic E-state index is 12.7. The number of halogens is 1. The summed E-state index contributed by atoms with van der Waals surface area (Å²) >= 11 is 7.70. The van der Waals surface area contributed by atoms with Crippen molar-refractivity contribution < 1.29 is 4.79 Å². The topological polar surface area (TPSA) is 63.9 Å². The zero-order valence-corrected chi connectivity index (χ0v) is 18.2. The number of nitrogens with zero attached hydrogens (tertiary/aromatic N) is 5. The van der Waals surface area contributed by atoms with Gasteiger partial charge in [0, 0.05) is 36.1 Å². The smallest absolute Gasteiger partial charge is 0.233 e. The molecule has 6 nitrogen and oxygen atoms in total. The number of carbonyl (C=O) groups is 1. The van der Waals surface area contributed by atoms with Crippen molar-refractivity contribution in [2.45, 2.75) is 12.1 Å². The Morgan fingerprint density at radius 2 is 1.87 bits per heavy atom. The van der Waals surface area contributed by atoms with Gasteiger partial charge >= 0.3 is 0 Å². The van der Waals surface area contributed by atoms with E-state index in [2.05, 4.69) is 28.3 Å². The van der Waals surface area contributed by atoms with E-state index in [9.17, 15) is 4.79 Å². The molecule has 0 saturated carbocycles. The van der Waals surface area contributed by atoms with Crippen LogP contribution < -0.4 is 0 Å². The molecule has 0 saturated heterocycles. The van der Waals surface area contributed by atoms with E-state index in [0.29, 0.717) is 29.1 Å². The van der Waals surface area contributed by atoms with Crippen molar-refractivity contribution in [3.63, 3.8) is 0 Å². The average molecular weight is 440 g/mol. The first-order valence-corrected chi connectivity index (χ1v) is 10.7. The fourth-order valence-corrected chi connectivity index (χ4v) is 3.93. The molecule has 0 bridgehead atoms. The minimum absolute atomic E-state index is 0.0253. The normalized spacial score (nSPS) is 10.6. The van der Waals surface area contributed by atoms with E-state index >= 15 is 0 Å². The number of pyridine rings is 1. The molecule has 0 N–H and O–H groups in total. The zero-order valence-electron chi connectivity index (χ0n) is 16.7. The zero-order chi connectivity index (χ0) is 21.5. The van der Waals surface area contributed by atoms with Gasteiger partial charge < -0.3 is 4.90 Å². The molecule has 2 heterocycles. The first-order chi connectivity index (χ1) is 14.6. The molecule has 0 aliphatic carbocycles. The third-order valence-electron chi connectivity index (χ3n) is 4.43. The lowest BCUT2D eigenvalue weighted by Crippen LogP contribution is -2.32. The number of hydrogen-bond acceptors (Lipinski definition) is 5. The van der Waals surface area contributed by atoms with Crippen LogP contribution in [0.4, 0.5) is 0 Å². The largest absolute Gasteiger partial charge is 0.335 e. The van der Waals surface area contributed by atoms with Crippen molar-refractivity contribution >= 4 is 29.3 Å². The van der Waals surface area contributed by atoms with Crippen LogP contribution in [0.1, 0.15) is 5.56 Å². The van der Waals surface area contributed by atoms with Crippen LogP contribution in [-0.2, 0) is 4.79 Å². The first kappa shape index (κ1) is 21.8. The average Bonchev–Trinajstić information content (AvgIpc) is 3.18. The molecular weight excluding hydrogens is 418 g/mol. The SMILES string of the molecule is C=CCN(CC=C)C(=O)CSc1nnc(-c2ccncc2)n1-c1cccc(Cl)c1C. The van der Waals surface area contributed by atoms with E-state index in [1.54, 1.807) is 29.4 Å². The molecule has 1 aromatic carbocycles. The summed E-state index contributed by atoms with van der Waals surface area (Å²) in [5.41, 5.74) is 2.64. The van der Waals surface area contributed by atoms with Gasteiger partial charge in [0.25, 0.3) is 0 Å². The molecular formula is C22H22ClN5OS. The van der Waals surface area contributed by atoms with Crippen LogP contribution in [0.5, 0.6) is 0 Å². The fourth-order valence-electron chi connectivity index (χ4n) is 2.91. The molecule has 0 unspecified atom stereocenters. The maximum atomic E-state index is 12.7. The van der Waals surface area contributed by atoms with Crippen LogP contribution in [0.3, 0.4) is 0 Å². The maximum Gasteiger partial charge on any atom is 0.233 e. The van der Waals surface area contributed by atoms with Gasteiger partial charge in [-0.2, -0.15) is 0 Å². The highest BCUT2D eigenvalue weighted by Crippen LogP contribution is 2.31.